The molecule has 1 atom stereocenters. The Morgan fingerprint density at radius 2 is 1.91 bits per heavy atom. The van der Waals surface area contributed by atoms with Crippen LogP contribution in [0.4, 0.5) is 11.4 Å². The molecule has 9 heteroatoms. The van der Waals surface area contributed by atoms with Crippen molar-refractivity contribution in [2.75, 3.05) is 17.3 Å². The molecule has 3 aliphatic rings. The highest BCUT2D eigenvalue weighted by Gasteiger charge is 2.61. The highest BCUT2D eigenvalue weighted by atomic mass is 35.5. The second kappa shape index (κ2) is 7.64. The second-order valence-electron chi connectivity index (χ2n) is 8.03. The van der Waals surface area contributed by atoms with E-state index in [1.165, 1.54) is 7.11 Å². The van der Waals surface area contributed by atoms with E-state index in [-0.39, 0.29) is 34.2 Å². The normalized spacial score (nSPS) is 21.8. The average molecular weight is 484 g/mol. The fourth-order valence-electron chi connectivity index (χ4n) is 5.10. The molecular formula is C24H19Cl2N3O4. The van der Waals surface area contributed by atoms with Crippen LogP contribution in [-0.2, 0) is 24.5 Å². The number of hydrogen-bond acceptors (Lipinski definition) is 6. The molecule has 1 amide bonds. The van der Waals surface area contributed by atoms with E-state index in [9.17, 15) is 14.4 Å². The van der Waals surface area contributed by atoms with Crippen LogP contribution in [0.25, 0.3) is 0 Å². The molecule has 2 heterocycles. The molecule has 1 aliphatic carbocycles. The number of carbonyl (C=O) groups is 3. The number of benzene rings is 2. The Kier molecular flexibility index (Phi) is 4.99. The van der Waals surface area contributed by atoms with Crippen molar-refractivity contribution < 1.29 is 19.1 Å². The van der Waals surface area contributed by atoms with Crippen molar-refractivity contribution in [1.82, 2.24) is 0 Å². The van der Waals surface area contributed by atoms with Crippen LogP contribution in [0.15, 0.2) is 65.1 Å². The second-order valence-corrected chi connectivity index (χ2v) is 8.87. The topological polar surface area (TPSA) is 102 Å². The van der Waals surface area contributed by atoms with E-state index in [2.05, 4.69) is 5.32 Å². The summed E-state index contributed by atoms with van der Waals surface area (Å²) in [5.41, 5.74) is 7.03. The van der Waals surface area contributed by atoms with Gasteiger partial charge in [-0.3, -0.25) is 14.5 Å². The van der Waals surface area contributed by atoms with Gasteiger partial charge in [-0.1, -0.05) is 41.4 Å². The maximum Gasteiger partial charge on any atom is 0.339 e. The van der Waals surface area contributed by atoms with Gasteiger partial charge in [-0.05, 0) is 37.1 Å². The number of Topliss-reactive ketones (excluding diaryl/α,β-unsaturated/α-hetero) is 1. The lowest BCUT2D eigenvalue weighted by molar-refractivity contribution is -0.138. The number of para-hydroxylation sites is 1. The quantitative estimate of drug-likeness (QED) is 0.624. The van der Waals surface area contributed by atoms with Crippen molar-refractivity contribution in [1.29, 1.82) is 0 Å². The third-order valence-electron chi connectivity index (χ3n) is 6.36. The van der Waals surface area contributed by atoms with E-state index >= 15 is 0 Å². The molecule has 0 radical (unpaired) electrons. The lowest BCUT2D eigenvalue weighted by Crippen LogP contribution is -2.53. The molecule has 1 unspecified atom stereocenters. The smallest absolute Gasteiger partial charge is 0.339 e. The number of amides is 1. The van der Waals surface area contributed by atoms with E-state index < -0.39 is 17.3 Å². The van der Waals surface area contributed by atoms with E-state index in [0.29, 0.717) is 40.5 Å². The van der Waals surface area contributed by atoms with E-state index in [0.717, 1.165) is 0 Å². The monoisotopic (exact) mass is 483 g/mol. The zero-order valence-corrected chi connectivity index (χ0v) is 19.1. The molecule has 2 aromatic rings. The highest BCUT2D eigenvalue weighted by Crippen LogP contribution is 2.55. The molecule has 0 saturated heterocycles. The Balaban J connectivity index is 1.92. The van der Waals surface area contributed by atoms with E-state index in [1.54, 1.807) is 47.4 Å². The van der Waals surface area contributed by atoms with Gasteiger partial charge in [-0.2, -0.15) is 0 Å². The number of nitrogens with two attached hydrogens (primary N) is 1. The predicted octanol–water partition coefficient (Wildman–Crippen LogP) is 4.05. The van der Waals surface area contributed by atoms with Crippen molar-refractivity contribution in [2.24, 2.45) is 5.73 Å². The summed E-state index contributed by atoms with van der Waals surface area (Å²) in [5.74, 6) is -1.57. The Morgan fingerprint density at radius 3 is 2.64 bits per heavy atom. The molecule has 5 rings (SSSR count). The van der Waals surface area contributed by atoms with Crippen molar-refractivity contribution in [3.63, 3.8) is 0 Å². The molecule has 7 nitrogen and oxygen atoms in total. The first-order valence-corrected chi connectivity index (χ1v) is 11.1. The molecule has 3 N–H and O–H groups in total. The maximum atomic E-state index is 13.7. The first-order chi connectivity index (χ1) is 15.8. The summed E-state index contributed by atoms with van der Waals surface area (Å²) in [7, 11) is 1.21. The van der Waals surface area contributed by atoms with Crippen LogP contribution in [0.1, 0.15) is 24.8 Å². The summed E-state index contributed by atoms with van der Waals surface area (Å²) in [6.45, 7) is 0. The van der Waals surface area contributed by atoms with E-state index in [1.807, 2.05) is 0 Å². The van der Waals surface area contributed by atoms with Crippen LogP contribution >= 0.6 is 23.2 Å². The van der Waals surface area contributed by atoms with Gasteiger partial charge in [-0.15, -0.1) is 0 Å². The van der Waals surface area contributed by atoms with E-state index in [4.69, 9.17) is 33.7 Å². The Morgan fingerprint density at radius 1 is 1.15 bits per heavy atom. The summed E-state index contributed by atoms with van der Waals surface area (Å²) in [4.78, 5) is 42.0. The molecular weight excluding hydrogens is 465 g/mol. The van der Waals surface area contributed by atoms with Crippen LogP contribution in [0, 0.1) is 0 Å². The number of halogens is 2. The summed E-state index contributed by atoms with van der Waals surface area (Å²) < 4.78 is 5.09. The number of allylic oxidation sites excluding steroid dienone is 1. The number of nitrogens with one attached hydrogen (secondary N) is 1. The number of fused-ring (bicyclic) bond motifs is 3. The number of ether oxygens (including phenoxy) is 1. The number of esters is 1. The molecule has 0 saturated carbocycles. The van der Waals surface area contributed by atoms with Crippen LogP contribution in [0.3, 0.4) is 0 Å². The number of methoxy groups -OCH3 is 1. The largest absolute Gasteiger partial charge is 0.466 e. The van der Waals surface area contributed by atoms with Gasteiger partial charge >= 0.3 is 5.97 Å². The van der Waals surface area contributed by atoms with Gasteiger partial charge in [0, 0.05) is 34.0 Å². The van der Waals surface area contributed by atoms with Crippen LogP contribution < -0.4 is 16.0 Å². The third kappa shape index (κ3) is 2.85. The van der Waals surface area contributed by atoms with Gasteiger partial charge in [0.1, 0.15) is 16.8 Å². The van der Waals surface area contributed by atoms with Crippen molar-refractivity contribution in [3.05, 3.63) is 80.7 Å². The highest BCUT2D eigenvalue weighted by molar-refractivity contribution is 6.36. The van der Waals surface area contributed by atoms with Crippen molar-refractivity contribution >= 4 is 52.2 Å². The van der Waals surface area contributed by atoms with Gasteiger partial charge in [0.05, 0.1) is 17.8 Å². The molecule has 2 aromatic carbocycles. The fraction of sp³-hybridized carbons (Fsp3) is 0.208. The van der Waals surface area contributed by atoms with Crippen LogP contribution in [0.5, 0.6) is 0 Å². The minimum atomic E-state index is -1.71. The van der Waals surface area contributed by atoms with Crippen molar-refractivity contribution in [2.45, 2.75) is 24.7 Å². The number of rotatable bonds is 2. The van der Waals surface area contributed by atoms with Gasteiger partial charge in [0.25, 0.3) is 0 Å². The first kappa shape index (κ1) is 21.6. The van der Waals surface area contributed by atoms with Gasteiger partial charge < -0.3 is 15.8 Å². The number of carbonyl (C=O) groups excluding carboxylic acids is 3. The number of anilines is 2. The molecule has 2 aliphatic heterocycles. The Bertz CT molecular complexity index is 1320. The summed E-state index contributed by atoms with van der Waals surface area (Å²) in [6, 6.07) is 11.8. The van der Waals surface area contributed by atoms with Gasteiger partial charge in [0.2, 0.25) is 5.91 Å². The molecule has 0 aromatic heterocycles. The Labute approximate surface area is 199 Å². The number of ketones is 1. The third-order valence-corrected chi connectivity index (χ3v) is 6.90. The molecule has 33 heavy (non-hydrogen) atoms. The summed E-state index contributed by atoms with van der Waals surface area (Å²) in [6.07, 6.45) is 1.28. The SMILES string of the molecule is COC(=O)C1=C(N)N(c2ccc(Cl)cc2Cl)C2=C(C(=O)CCC2)C12C(=O)Nc1ccccc12. The zero-order valence-electron chi connectivity index (χ0n) is 17.6. The molecule has 0 fully saturated rings. The molecule has 0 bridgehead atoms. The van der Waals surface area contributed by atoms with Crippen molar-refractivity contribution in [3.8, 4) is 0 Å². The molecule has 1 spiro atoms. The minimum absolute atomic E-state index is 0.0219. The lowest BCUT2D eigenvalue weighted by atomic mass is 9.63. The zero-order chi connectivity index (χ0) is 23.5. The minimum Gasteiger partial charge on any atom is -0.466 e. The number of nitrogens with zero attached hydrogens (tertiary/aromatic N) is 1. The maximum absolute atomic E-state index is 13.7. The predicted molar refractivity (Wildman–Crippen MR) is 125 cm³/mol. The van der Waals surface area contributed by atoms with Crippen LogP contribution in [-0.4, -0.2) is 24.8 Å². The molecule has 168 valence electrons. The average Bonchev–Trinajstić information content (AvgIpc) is 3.07. The van der Waals surface area contributed by atoms with Crippen LogP contribution in [0.2, 0.25) is 10.0 Å². The standard InChI is InChI=1S/C24H19Cl2N3O4/c1-33-22(31)20-21(27)29(16-10-9-12(25)11-14(16)26)17-7-4-8-18(30)19(17)24(20)13-5-2-3-6-15(13)28-23(24)32/h2-3,5-6,9-11H,4,7-8,27H2,1H3,(H,28,32). The van der Waals surface area contributed by atoms with Gasteiger partial charge in [0.15, 0.2) is 5.78 Å². The first-order valence-electron chi connectivity index (χ1n) is 10.3. The fourth-order valence-corrected chi connectivity index (χ4v) is 5.60. The lowest BCUT2D eigenvalue weighted by Gasteiger charge is -2.44. The number of hydrogen-bond donors (Lipinski definition) is 2. The summed E-state index contributed by atoms with van der Waals surface area (Å²) >= 11 is 12.6. The Hall–Kier alpha value is -3.29. The van der Waals surface area contributed by atoms with Gasteiger partial charge in [-0.25, -0.2) is 4.79 Å². The summed E-state index contributed by atoms with van der Waals surface area (Å²) in [5, 5.41) is 3.54.